The number of benzene rings is 2. The molecular weight excluding hydrogens is 504 g/mol. The first-order valence-corrected chi connectivity index (χ1v) is 14.3. The number of aromatic nitrogens is 1. The Hall–Kier alpha value is -3.62. The summed E-state index contributed by atoms with van der Waals surface area (Å²) in [6.45, 7) is 3.43. The smallest absolute Gasteiger partial charge is 0.335 e. The van der Waals surface area contributed by atoms with Crippen molar-refractivity contribution in [1.82, 2.24) is 20.1 Å². The van der Waals surface area contributed by atoms with Crippen molar-refractivity contribution in [2.75, 3.05) is 47.4 Å². The highest BCUT2D eigenvalue weighted by atomic mass is 16.5. The first-order chi connectivity index (χ1) is 19.4. The number of methoxy groups -OCH3 is 1. The lowest BCUT2D eigenvalue weighted by atomic mass is 9.81. The van der Waals surface area contributed by atoms with E-state index >= 15 is 0 Å². The zero-order valence-electron chi connectivity index (χ0n) is 23.8. The fourth-order valence-electron chi connectivity index (χ4n) is 6.20. The number of amides is 1. The van der Waals surface area contributed by atoms with Crippen LogP contribution >= 0.6 is 0 Å². The van der Waals surface area contributed by atoms with Gasteiger partial charge in [0.2, 0.25) is 5.91 Å². The van der Waals surface area contributed by atoms with Gasteiger partial charge in [0.1, 0.15) is 5.75 Å². The Morgan fingerprint density at radius 3 is 2.58 bits per heavy atom. The Morgan fingerprint density at radius 2 is 1.85 bits per heavy atom. The molecule has 8 heteroatoms. The van der Waals surface area contributed by atoms with Crippen LogP contribution in [0.5, 0.6) is 5.75 Å². The number of fused-ring (bicyclic) bond motifs is 5. The predicted octanol–water partition coefficient (Wildman–Crippen LogP) is 4.73. The average molecular weight is 545 g/mol. The molecule has 2 aliphatic rings. The van der Waals surface area contributed by atoms with Crippen molar-refractivity contribution in [3.8, 4) is 17.0 Å². The monoisotopic (exact) mass is 544 g/mol. The van der Waals surface area contributed by atoms with Gasteiger partial charge in [-0.25, -0.2) is 4.79 Å². The zero-order valence-corrected chi connectivity index (χ0v) is 23.8. The molecule has 212 valence electrons. The number of hydrogen-bond donors (Lipinski definition) is 3. The van der Waals surface area contributed by atoms with Gasteiger partial charge in [-0.15, -0.1) is 0 Å². The number of aromatic carboxylic acids is 1. The minimum atomic E-state index is -0.952. The molecule has 40 heavy (non-hydrogen) atoms. The Morgan fingerprint density at radius 1 is 1.07 bits per heavy atom. The number of carboxylic acid groups (broad SMARTS) is 1. The van der Waals surface area contributed by atoms with Crippen molar-refractivity contribution in [2.45, 2.75) is 44.6 Å². The van der Waals surface area contributed by atoms with Crippen molar-refractivity contribution in [2.24, 2.45) is 0 Å². The van der Waals surface area contributed by atoms with Crippen molar-refractivity contribution < 1.29 is 19.4 Å². The van der Waals surface area contributed by atoms with Crippen LogP contribution < -0.4 is 15.4 Å². The Bertz CT molecular complexity index is 1430. The summed E-state index contributed by atoms with van der Waals surface area (Å²) < 4.78 is 7.74. The average Bonchev–Trinajstić information content (AvgIpc) is 3.18. The molecule has 1 fully saturated rings. The van der Waals surface area contributed by atoms with E-state index in [1.165, 1.54) is 24.8 Å². The molecule has 0 spiro atoms. The van der Waals surface area contributed by atoms with Crippen LogP contribution in [0.4, 0.5) is 0 Å². The molecule has 8 nitrogen and oxygen atoms in total. The summed E-state index contributed by atoms with van der Waals surface area (Å²) in [7, 11) is 5.62. The van der Waals surface area contributed by atoms with Crippen LogP contribution in [0.2, 0.25) is 0 Å². The second-order valence-corrected chi connectivity index (χ2v) is 11.0. The van der Waals surface area contributed by atoms with Crippen LogP contribution in [0, 0.1) is 0 Å². The van der Waals surface area contributed by atoms with Gasteiger partial charge in [-0.05, 0) is 80.4 Å². The molecule has 2 heterocycles. The minimum absolute atomic E-state index is 0.112. The summed E-state index contributed by atoms with van der Waals surface area (Å²) in [6.07, 6.45) is 7.82. The number of ether oxygens (including phenoxy) is 1. The molecule has 1 aliphatic carbocycles. The van der Waals surface area contributed by atoms with Gasteiger partial charge in [0.05, 0.1) is 24.9 Å². The highest BCUT2D eigenvalue weighted by molar-refractivity contribution is 6.03. The molecule has 0 saturated heterocycles. The fourth-order valence-corrected chi connectivity index (χ4v) is 6.20. The number of rotatable bonds is 10. The van der Waals surface area contributed by atoms with Crippen LogP contribution in [0.25, 0.3) is 28.2 Å². The molecule has 0 atom stereocenters. The number of nitrogens with zero attached hydrogens (tertiary/aromatic N) is 2. The molecule has 3 aromatic rings. The lowest BCUT2D eigenvalue weighted by molar-refractivity contribution is -0.117. The van der Waals surface area contributed by atoms with Crippen molar-refractivity contribution in [1.29, 1.82) is 0 Å². The van der Waals surface area contributed by atoms with Crippen molar-refractivity contribution >= 4 is 28.9 Å². The van der Waals surface area contributed by atoms with Gasteiger partial charge in [0.25, 0.3) is 0 Å². The van der Waals surface area contributed by atoms with Crippen molar-refractivity contribution in [3.05, 3.63) is 58.7 Å². The molecule has 1 amide bonds. The highest BCUT2D eigenvalue weighted by Crippen LogP contribution is 2.47. The van der Waals surface area contributed by atoms with E-state index < -0.39 is 5.97 Å². The number of likely N-dealkylation sites (N-methyl/N-ethyl adjacent to an activating group) is 2. The maximum absolute atomic E-state index is 13.6. The van der Waals surface area contributed by atoms with Crippen LogP contribution in [0.1, 0.15) is 59.5 Å². The van der Waals surface area contributed by atoms with Crippen molar-refractivity contribution in [3.63, 3.8) is 0 Å². The van der Waals surface area contributed by atoms with E-state index in [2.05, 4.69) is 26.2 Å². The molecule has 0 unspecified atom stereocenters. The number of carboxylic acids is 1. The van der Waals surface area contributed by atoms with E-state index in [0.29, 0.717) is 24.6 Å². The molecular formula is C32H40N4O4. The quantitative estimate of drug-likeness (QED) is 0.342. The maximum Gasteiger partial charge on any atom is 0.335 e. The standard InChI is InChI=1S/C32H40N4O4/c1-33-13-15-35(2)16-14-34-31(37)24-17-23-18-25(40-3)10-12-26(23)30-29(21-7-5-4-6-8-21)27-11-9-22(32(38)39)19-28(27)36(30)20-24/h9-12,17-19,21,33H,4-8,13-16,20H2,1-3H3,(H,34,37)(H,38,39). The zero-order chi connectivity index (χ0) is 28.2. The second-order valence-electron chi connectivity index (χ2n) is 11.0. The Kier molecular flexibility index (Phi) is 8.57. The van der Waals surface area contributed by atoms with E-state index in [-0.39, 0.29) is 11.5 Å². The molecule has 0 radical (unpaired) electrons. The van der Waals surface area contributed by atoms with Gasteiger partial charge in [0.15, 0.2) is 0 Å². The fraction of sp³-hybridized carbons (Fsp3) is 0.438. The van der Waals surface area contributed by atoms with E-state index in [0.717, 1.165) is 65.9 Å². The second kappa shape index (κ2) is 12.3. The summed E-state index contributed by atoms with van der Waals surface area (Å²) in [5, 5.41) is 17.2. The number of hydrogen-bond acceptors (Lipinski definition) is 5. The van der Waals surface area contributed by atoms with E-state index in [1.807, 2.05) is 38.4 Å². The SMILES string of the molecule is CNCCN(C)CCNC(=O)C1=Cc2cc(OC)ccc2-c2c(C3CCCCC3)c3ccc(C(=O)O)cc3n2C1. The third-order valence-corrected chi connectivity index (χ3v) is 8.35. The third-order valence-electron chi connectivity index (χ3n) is 8.35. The molecule has 5 rings (SSSR count). The molecule has 0 bridgehead atoms. The minimum Gasteiger partial charge on any atom is -0.497 e. The van der Waals surface area contributed by atoms with Crippen LogP contribution in [-0.4, -0.2) is 73.8 Å². The first kappa shape index (κ1) is 27.9. The summed E-state index contributed by atoms with van der Waals surface area (Å²) in [5.41, 5.74) is 6.11. The van der Waals surface area contributed by atoms with E-state index in [4.69, 9.17) is 4.74 Å². The van der Waals surface area contributed by atoms with Crippen LogP contribution in [0.15, 0.2) is 42.0 Å². The van der Waals surface area contributed by atoms with Gasteiger partial charge in [0, 0.05) is 48.2 Å². The Labute approximate surface area is 236 Å². The number of nitrogens with one attached hydrogen (secondary N) is 2. The lowest BCUT2D eigenvalue weighted by Gasteiger charge is -2.24. The largest absolute Gasteiger partial charge is 0.497 e. The third kappa shape index (κ3) is 5.64. The molecule has 1 aromatic heterocycles. The van der Waals surface area contributed by atoms with Gasteiger partial charge in [-0.2, -0.15) is 0 Å². The molecule has 3 N–H and O–H groups in total. The maximum atomic E-state index is 13.6. The molecule has 2 aromatic carbocycles. The van der Waals surface area contributed by atoms with Gasteiger partial charge in [-0.1, -0.05) is 25.3 Å². The summed E-state index contributed by atoms with van der Waals surface area (Å²) in [4.78, 5) is 27.7. The molecule has 1 saturated carbocycles. The van der Waals surface area contributed by atoms with E-state index in [9.17, 15) is 14.7 Å². The number of carbonyl (C=O) groups is 2. The Balaban J connectivity index is 1.61. The summed E-state index contributed by atoms with van der Waals surface area (Å²) in [6, 6.07) is 11.5. The van der Waals surface area contributed by atoms with Gasteiger partial charge in [-0.3, -0.25) is 4.79 Å². The first-order valence-electron chi connectivity index (χ1n) is 14.3. The molecule has 1 aliphatic heterocycles. The van der Waals surface area contributed by atoms with Crippen LogP contribution in [-0.2, 0) is 11.3 Å². The lowest BCUT2D eigenvalue weighted by Crippen LogP contribution is -2.36. The topological polar surface area (TPSA) is 95.8 Å². The number of carbonyl (C=O) groups excluding carboxylic acids is 1. The van der Waals surface area contributed by atoms with Crippen LogP contribution in [0.3, 0.4) is 0 Å². The predicted molar refractivity (Wildman–Crippen MR) is 159 cm³/mol. The highest BCUT2D eigenvalue weighted by Gasteiger charge is 2.30. The van der Waals surface area contributed by atoms with Gasteiger partial charge < -0.3 is 29.9 Å². The van der Waals surface area contributed by atoms with Gasteiger partial charge >= 0.3 is 5.97 Å². The van der Waals surface area contributed by atoms with E-state index in [1.54, 1.807) is 19.2 Å². The summed E-state index contributed by atoms with van der Waals surface area (Å²) in [5.74, 6) is 0.0601. The summed E-state index contributed by atoms with van der Waals surface area (Å²) >= 11 is 0. The normalized spacial score (nSPS) is 15.3.